The largest absolute Gasteiger partial charge is 0.478 e. The molecule has 0 saturated heterocycles. The fourth-order valence-electron chi connectivity index (χ4n) is 2.92. The summed E-state index contributed by atoms with van der Waals surface area (Å²) in [6.45, 7) is 3.10. The van der Waals surface area contributed by atoms with Crippen LogP contribution < -0.4 is 4.72 Å². The van der Waals surface area contributed by atoms with Gasteiger partial charge in [-0.1, -0.05) is 11.6 Å². The van der Waals surface area contributed by atoms with E-state index in [9.17, 15) is 26.7 Å². The van der Waals surface area contributed by atoms with Gasteiger partial charge in [-0.15, -0.1) is 11.3 Å². The summed E-state index contributed by atoms with van der Waals surface area (Å²) < 4.78 is 53.5. The van der Waals surface area contributed by atoms with Gasteiger partial charge in [-0.3, -0.25) is 4.72 Å². The van der Waals surface area contributed by atoms with E-state index < -0.39 is 30.7 Å². The summed E-state index contributed by atoms with van der Waals surface area (Å²) >= 11 is 7.03. The third kappa shape index (κ3) is 4.11. The van der Waals surface area contributed by atoms with Crippen LogP contribution >= 0.6 is 22.9 Å². The van der Waals surface area contributed by atoms with Crippen molar-refractivity contribution < 1.29 is 26.7 Å². The molecule has 1 aromatic heterocycles. The topological polar surface area (TPSA) is 118 Å². The normalized spacial score (nSPS) is 12.3. The number of carboxylic acid groups (broad SMARTS) is 1. The number of benzene rings is 2. The number of anilines is 1. The highest BCUT2D eigenvalue weighted by Crippen LogP contribution is 2.37. The van der Waals surface area contributed by atoms with E-state index in [1.54, 1.807) is 25.1 Å². The van der Waals surface area contributed by atoms with Crippen molar-refractivity contribution in [3.8, 4) is 0 Å². The number of hydrogen-bond acceptors (Lipinski definition) is 6. The van der Waals surface area contributed by atoms with E-state index in [-0.39, 0.29) is 21.0 Å². The zero-order chi connectivity index (χ0) is 21.7. The molecule has 29 heavy (non-hydrogen) atoms. The maximum absolute atomic E-state index is 13.0. The average molecular weight is 474 g/mol. The maximum Gasteiger partial charge on any atom is 0.335 e. The lowest BCUT2D eigenvalue weighted by molar-refractivity contribution is 0.0696. The third-order valence-corrected chi connectivity index (χ3v) is 8.93. The number of sulfone groups is 1. The number of aromatic carboxylic acids is 1. The molecule has 0 saturated carbocycles. The van der Waals surface area contributed by atoms with Crippen LogP contribution in [0, 0.1) is 13.8 Å². The number of nitrogens with one attached hydrogen (secondary N) is 1. The Morgan fingerprint density at radius 1 is 1.10 bits per heavy atom. The molecule has 3 aromatic rings. The Hall–Kier alpha value is -2.14. The van der Waals surface area contributed by atoms with Crippen molar-refractivity contribution in [2.75, 3.05) is 11.0 Å². The Kier molecular flexibility index (Phi) is 5.41. The van der Waals surface area contributed by atoms with Gasteiger partial charge in [0.25, 0.3) is 10.0 Å². The first kappa shape index (κ1) is 21.6. The molecule has 0 spiro atoms. The summed E-state index contributed by atoms with van der Waals surface area (Å²) in [5, 5.41) is 10.4. The van der Waals surface area contributed by atoms with Crippen molar-refractivity contribution in [1.82, 2.24) is 0 Å². The second-order valence-electron chi connectivity index (χ2n) is 6.50. The van der Waals surface area contributed by atoms with Crippen LogP contribution in [0.3, 0.4) is 0 Å². The third-order valence-electron chi connectivity index (χ3n) is 4.30. The molecule has 0 radical (unpaired) electrons. The van der Waals surface area contributed by atoms with Crippen LogP contribution in [-0.4, -0.2) is 34.2 Å². The Bertz CT molecular complexity index is 1370. The predicted octanol–water partition coefficient (Wildman–Crippen LogP) is 4.07. The number of carboxylic acids is 1. The van der Waals surface area contributed by atoms with Gasteiger partial charge in [0.05, 0.1) is 16.1 Å². The summed E-state index contributed by atoms with van der Waals surface area (Å²) in [6.07, 6.45) is 0.883. The van der Waals surface area contributed by atoms with Crippen LogP contribution in [0.15, 0.2) is 39.4 Å². The number of aryl methyl sites for hydroxylation is 2. The van der Waals surface area contributed by atoms with Crippen LogP contribution in [0.25, 0.3) is 10.1 Å². The quantitative estimate of drug-likeness (QED) is 0.576. The molecule has 0 amide bonds. The summed E-state index contributed by atoms with van der Waals surface area (Å²) in [6, 6.07) is 7.19. The van der Waals surface area contributed by atoms with Gasteiger partial charge in [-0.05, 0) is 60.7 Å². The highest BCUT2D eigenvalue weighted by Gasteiger charge is 2.26. The van der Waals surface area contributed by atoms with E-state index in [0.29, 0.717) is 20.7 Å². The second-order valence-corrected chi connectivity index (χ2v) is 11.9. The first-order valence-electron chi connectivity index (χ1n) is 8.10. The molecular formula is C18H16ClNO6S3. The van der Waals surface area contributed by atoms with E-state index in [1.807, 2.05) is 0 Å². The molecule has 0 aliphatic carbocycles. The van der Waals surface area contributed by atoms with Crippen molar-refractivity contribution in [3.05, 3.63) is 52.0 Å². The van der Waals surface area contributed by atoms with Crippen LogP contribution in [0.4, 0.5) is 5.69 Å². The zero-order valence-corrected chi connectivity index (χ0v) is 18.7. The number of rotatable bonds is 5. The van der Waals surface area contributed by atoms with E-state index in [2.05, 4.69) is 4.72 Å². The molecule has 3 rings (SSSR count). The standard InChI is InChI=1S/C18H16ClNO6S3/c1-9-6-14(16(28(3,23)24)8-12(9)17(21)22)20-29(25,26)18-10(2)13-7-11(19)4-5-15(13)27-18/h4-8,20H,1-3H3,(H,21,22). The number of hydrogen-bond donors (Lipinski definition) is 2. The first-order valence-corrected chi connectivity index (χ1v) is 12.7. The Balaban J connectivity index is 2.18. The number of carbonyl (C=O) groups is 1. The van der Waals surface area contributed by atoms with Crippen molar-refractivity contribution >= 4 is 64.5 Å². The van der Waals surface area contributed by atoms with Crippen molar-refractivity contribution in [2.45, 2.75) is 23.0 Å². The first-order chi connectivity index (χ1) is 13.3. The molecule has 0 bridgehead atoms. The molecule has 154 valence electrons. The molecule has 2 aromatic carbocycles. The van der Waals surface area contributed by atoms with Crippen molar-refractivity contribution in [3.63, 3.8) is 0 Å². The minimum atomic E-state index is -4.14. The lowest BCUT2D eigenvalue weighted by Crippen LogP contribution is -2.16. The van der Waals surface area contributed by atoms with Crippen LogP contribution in [0.2, 0.25) is 5.02 Å². The Labute approximate surface area is 176 Å². The molecule has 11 heteroatoms. The molecule has 2 N–H and O–H groups in total. The van der Waals surface area contributed by atoms with E-state index >= 15 is 0 Å². The summed E-state index contributed by atoms with van der Waals surface area (Å²) in [5.74, 6) is -1.31. The van der Waals surface area contributed by atoms with E-state index in [1.165, 1.54) is 13.0 Å². The summed E-state index contributed by atoms with van der Waals surface area (Å²) in [4.78, 5) is 10.9. The van der Waals surface area contributed by atoms with Crippen LogP contribution in [-0.2, 0) is 19.9 Å². The van der Waals surface area contributed by atoms with Gasteiger partial charge < -0.3 is 5.11 Å². The van der Waals surface area contributed by atoms with E-state index in [0.717, 1.165) is 23.7 Å². The molecule has 0 aliphatic heterocycles. The summed E-state index contributed by atoms with van der Waals surface area (Å²) in [5.41, 5.74) is 0.285. The van der Waals surface area contributed by atoms with E-state index in [4.69, 9.17) is 11.6 Å². The number of sulfonamides is 1. The molecule has 0 unspecified atom stereocenters. The zero-order valence-electron chi connectivity index (χ0n) is 15.5. The number of thiophene rings is 1. The lowest BCUT2D eigenvalue weighted by atomic mass is 10.1. The average Bonchev–Trinajstić information content (AvgIpc) is 2.90. The molecule has 1 heterocycles. The smallest absolute Gasteiger partial charge is 0.335 e. The molecular weight excluding hydrogens is 458 g/mol. The predicted molar refractivity (Wildman–Crippen MR) is 114 cm³/mol. The maximum atomic E-state index is 13.0. The minimum Gasteiger partial charge on any atom is -0.478 e. The number of halogens is 1. The molecule has 0 fully saturated rings. The fourth-order valence-corrected chi connectivity index (χ4v) is 6.82. The van der Waals surface area contributed by atoms with Crippen molar-refractivity contribution in [2.24, 2.45) is 0 Å². The lowest BCUT2D eigenvalue weighted by Gasteiger charge is -2.14. The highest BCUT2D eigenvalue weighted by atomic mass is 35.5. The van der Waals surface area contributed by atoms with Crippen LogP contribution in [0.1, 0.15) is 21.5 Å². The van der Waals surface area contributed by atoms with Gasteiger partial charge in [0.15, 0.2) is 9.84 Å². The highest BCUT2D eigenvalue weighted by molar-refractivity contribution is 7.95. The summed E-state index contributed by atoms with van der Waals surface area (Å²) in [7, 11) is -8.04. The molecule has 7 nitrogen and oxygen atoms in total. The van der Waals surface area contributed by atoms with Crippen molar-refractivity contribution in [1.29, 1.82) is 0 Å². The van der Waals surface area contributed by atoms with Gasteiger partial charge in [-0.2, -0.15) is 0 Å². The Morgan fingerprint density at radius 3 is 2.34 bits per heavy atom. The number of fused-ring (bicyclic) bond motifs is 1. The Morgan fingerprint density at radius 2 is 1.76 bits per heavy atom. The van der Waals surface area contributed by atoms with Gasteiger partial charge in [0.2, 0.25) is 0 Å². The SMILES string of the molecule is Cc1cc(NS(=O)(=O)c2sc3ccc(Cl)cc3c2C)c(S(C)(=O)=O)cc1C(=O)O. The monoisotopic (exact) mass is 473 g/mol. The molecule has 0 aliphatic rings. The van der Waals surface area contributed by atoms with Gasteiger partial charge in [0, 0.05) is 16.0 Å². The van der Waals surface area contributed by atoms with Gasteiger partial charge in [0.1, 0.15) is 4.21 Å². The second kappa shape index (κ2) is 7.28. The van der Waals surface area contributed by atoms with Crippen LogP contribution in [0.5, 0.6) is 0 Å². The van der Waals surface area contributed by atoms with Gasteiger partial charge in [-0.25, -0.2) is 21.6 Å². The fraction of sp³-hybridized carbons (Fsp3) is 0.167. The molecule has 0 atom stereocenters. The minimum absolute atomic E-state index is 0.0224. The van der Waals surface area contributed by atoms with Gasteiger partial charge >= 0.3 is 5.97 Å².